The molecule has 6 heteroatoms. The average molecular weight is 269 g/mol. The number of nitrogens with zero attached hydrogens (tertiary/aromatic N) is 3. The van der Waals surface area contributed by atoms with E-state index < -0.39 is 4.92 Å². The average Bonchev–Trinajstić information content (AvgIpc) is 2.38. The minimum atomic E-state index is -0.507. The molecule has 0 radical (unpaired) electrons. The number of nitro benzene ring substituents is 1. The predicted octanol–water partition coefficient (Wildman–Crippen LogP) is 3.27. The van der Waals surface area contributed by atoms with Crippen molar-refractivity contribution in [3.8, 4) is 17.7 Å². The fourth-order valence-corrected chi connectivity index (χ4v) is 1.80. The first-order valence-electron chi connectivity index (χ1n) is 5.82. The Morgan fingerprint density at radius 2 is 2.05 bits per heavy atom. The van der Waals surface area contributed by atoms with Gasteiger partial charge in [0.25, 0.3) is 0 Å². The summed E-state index contributed by atoms with van der Waals surface area (Å²) in [7, 11) is 0. The van der Waals surface area contributed by atoms with Crippen LogP contribution in [0.2, 0.25) is 0 Å². The maximum atomic E-state index is 11.1. The molecule has 2 rings (SSSR count). The maximum absolute atomic E-state index is 11.1. The molecule has 100 valence electrons. The van der Waals surface area contributed by atoms with Crippen molar-refractivity contribution in [3.63, 3.8) is 0 Å². The Morgan fingerprint density at radius 3 is 2.70 bits per heavy atom. The van der Waals surface area contributed by atoms with Crippen molar-refractivity contribution in [2.75, 3.05) is 0 Å². The zero-order valence-corrected chi connectivity index (χ0v) is 11.0. The number of nitro groups is 1. The van der Waals surface area contributed by atoms with Crippen LogP contribution in [0.5, 0.6) is 11.6 Å². The topological polar surface area (TPSA) is 89.1 Å². The lowest BCUT2D eigenvalue weighted by molar-refractivity contribution is -0.386. The van der Waals surface area contributed by atoms with Gasteiger partial charge in [0.05, 0.1) is 4.92 Å². The second kappa shape index (κ2) is 5.36. The highest BCUT2D eigenvalue weighted by Crippen LogP contribution is 2.34. The van der Waals surface area contributed by atoms with Crippen LogP contribution in [0.15, 0.2) is 30.5 Å². The van der Waals surface area contributed by atoms with E-state index >= 15 is 0 Å². The van der Waals surface area contributed by atoms with Crippen LogP contribution in [-0.2, 0) is 0 Å². The molecule has 2 aromatic rings. The van der Waals surface area contributed by atoms with Crippen LogP contribution in [0.4, 0.5) is 5.69 Å². The summed E-state index contributed by atoms with van der Waals surface area (Å²) in [5.74, 6) is 0.144. The summed E-state index contributed by atoms with van der Waals surface area (Å²) in [6.45, 7) is 3.37. The number of rotatable bonds is 3. The van der Waals surface area contributed by atoms with E-state index in [0.29, 0.717) is 11.1 Å². The lowest BCUT2D eigenvalue weighted by atomic mass is 10.1. The molecule has 0 aliphatic rings. The molecule has 0 spiro atoms. The van der Waals surface area contributed by atoms with Gasteiger partial charge in [0.1, 0.15) is 11.6 Å². The number of hydrogen-bond donors (Lipinski definition) is 0. The Labute approximate surface area is 115 Å². The molecule has 1 heterocycles. The highest BCUT2D eigenvalue weighted by molar-refractivity contribution is 5.55. The molecular formula is C14H11N3O3. The quantitative estimate of drug-likeness (QED) is 0.630. The molecule has 0 saturated heterocycles. The van der Waals surface area contributed by atoms with Crippen LogP contribution >= 0.6 is 0 Å². The smallest absolute Gasteiger partial charge is 0.314 e. The van der Waals surface area contributed by atoms with E-state index in [1.54, 1.807) is 32.0 Å². The van der Waals surface area contributed by atoms with E-state index in [-0.39, 0.29) is 22.9 Å². The zero-order valence-electron chi connectivity index (χ0n) is 11.0. The number of aryl methyl sites for hydroxylation is 2. The van der Waals surface area contributed by atoms with Gasteiger partial charge in [-0.3, -0.25) is 10.1 Å². The van der Waals surface area contributed by atoms with Crippen molar-refractivity contribution >= 4 is 5.69 Å². The summed E-state index contributed by atoms with van der Waals surface area (Å²) in [5, 5.41) is 20.2. The third-order valence-electron chi connectivity index (χ3n) is 2.83. The highest BCUT2D eigenvalue weighted by atomic mass is 16.6. The summed E-state index contributed by atoms with van der Waals surface area (Å²) >= 11 is 0. The molecule has 0 bridgehead atoms. The Bertz CT molecular complexity index is 720. The lowest BCUT2D eigenvalue weighted by Crippen LogP contribution is -1.99. The van der Waals surface area contributed by atoms with Crippen molar-refractivity contribution in [3.05, 3.63) is 57.3 Å². The highest BCUT2D eigenvalue weighted by Gasteiger charge is 2.20. The van der Waals surface area contributed by atoms with E-state index in [2.05, 4.69) is 4.98 Å². The molecule has 1 aromatic carbocycles. The number of para-hydroxylation sites is 1. The van der Waals surface area contributed by atoms with Crippen molar-refractivity contribution in [2.45, 2.75) is 13.8 Å². The first-order chi connectivity index (χ1) is 9.54. The van der Waals surface area contributed by atoms with Crippen LogP contribution in [0.25, 0.3) is 0 Å². The van der Waals surface area contributed by atoms with E-state index in [9.17, 15) is 10.1 Å². The van der Waals surface area contributed by atoms with E-state index in [1.165, 1.54) is 12.3 Å². The minimum Gasteiger partial charge on any atom is -0.430 e. The maximum Gasteiger partial charge on any atom is 0.314 e. The van der Waals surface area contributed by atoms with Gasteiger partial charge in [-0.1, -0.05) is 12.1 Å². The third kappa shape index (κ3) is 2.42. The van der Waals surface area contributed by atoms with Crippen LogP contribution < -0.4 is 4.74 Å². The standard InChI is InChI=1S/C14H11N3O3/c1-9-6-7-16-14(11(9)8-15)20-12-5-3-4-10(2)13(12)17(18)19/h3-7H,1-2H3. The summed E-state index contributed by atoms with van der Waals surface area (Å²) in [5.41, 5.74) is 1.33. The number of pyridine rings is 1. The van der Waals surface area contributed by atoms with Gasteiger partial charge in [0.15, 0.2) is 0 Å². The number of aromatic nitrogens is 1. The van der Waals surface area contributed by atoms with Crippen molar-refractivity contribution < 1.29 is 9.66 Å². The van der Waals surface area contributed by atoms with Crippen molar-refractivity contribution in [1.82, 2.24) is 4.98 Å². The number of ether oxygens (including phenoxy) is 1. The monoisotopic (exact) mass is 269 g/mol. The van der Waals surface area contributed by atoms with Crippen LogP contribution in [0.1, 0.15) is 16.7 Å². The molecule has 0 amide bonds. The molecule has 0 atom stereocenters. The second-order valence-corrected chi connectivity index (χ2v) is 4.20. The second-order valence-electron chi connectivity index (χ2n) is 4.20. The molecule has 0 saturated carbocycles. The van der Waals surface area contributed by atoms with Gasteiger partial charge in [-0.05, 0) is 31.5 Å². The van der Waals surface area contributed by atoms with Gasteiger partial charge in [-0.15, -0.1) is 0 Å². The molecule has 6 nitrogen and oxygen atoms in total. The third-order valence-corrected chi connectivity index (χ3v) is 2.83. The van der Waals surface area contributed by atoms with Gasteiger partial charge in [0.2, 0.25) is 11.6 Å². The summed E-state index contributed by atoms with van der Waals surface area (Å²) < 4.78 is 5.48. The number of benzene rings is 1. The lowest BCUT2D eigenvalue weighted by Gasteiger charge is -2.09. The molecule has 1 aromatic heterocycles. The molecule has 0 N–H and O–H groups in total. The Hall–Kier alpha value is -2.94. The first-order valence-corrected chi connectivity index (χ1v) is 5.82. The fraction of sp³-hybridized carbons (Fsp3) is 0.143. The zero-order chi connectivity index (χ0) is 14.7. The van der Waals surface area contributed by atoms with Crippen molar-refractivity contribution in [2.24, 2.45) is 0 Å². The first kappa shape index (κ1) is 13.5. The van der Waals surface area contributed by atoms with Gasteiger partial charge < -0.3 is 4.74 Å². The predicted molar refractivity (Wildman–Crippen MR) is 71.6 cm³/mol. The molecule has 20 heavy (non-hydrogen) atoms. The fourth-order valence-electron chi connectivity index (χ4n) is 1.80. The summed E-state index contributed by atoms with van der Waals surface area (Å²) in [4.78, 5) is 14.6. The SMILES string of the molecule is Cc1ccnc(Oc2cccc(C)c2[N+](=O)[O-])c1C#N. The van der Waals surface area contributed by atoms with E-state index in [4.69, 9.17) is 10.00 Å². The largest absolute Gasteiger partial charge is 0.430 e. The summed E-state index contributed by atoms with van der Waals surface area (Å²) in [6.07, 6.45) is 1.49. The molecule has 0 unspecified atom stereocenters. The van der Waals surface area contributed by atoms with Gasteiger partial charge in [0, 0.05) is 11.8 Å². The van der Waals surface area contributed by atoms with Crippen molar-refractivity contribution in [1.29, 1.82) is 5.26 Å². The normalized spacial score (nSPS) is 9.85. The molecule has 0 aliphatic carbocycles. The van der Waals surface area contributed by atoms with Crippen LogP contribution in [-0.4, -0.2) is 9.91 Å². The van der Waals surface area contributed by atoms with Gasteiger partial charge >= 0.3 is 5.69 Å². The molecular weight excluding hydrogens is 258 g/mol. The van der Waals surface area contributed by atoms with E-state index in [1.807, 2.05) is 6.07 Å². The Kier molecular flexibility index (Phi) is 3.62. The summed E-state index contributed by atoms with van der Waals surface area (Å²) in [6, 6.07) is 8.43. The Balaban J connectivity index is 2.52. The van der Waals surface area contributed by atoms with Gasteiger partial charge in [-0.2, -0.15) is 5.26 Å². The van der Waals surface area contributed by atoms with E-state index in [0.717, 1.165) is 0 Å². The van der Waals surface area contributed by atoms with Crippen LogP contribution in [0, 0.1) is 35.3 Å². The van der Waals surface area contributed by atoms with Gasteiger partial charge in [-0.25, -0.2) is 4.98 Å². The van der Waals surface area contributed by atoms with Crippen LogP contribution in [0.3, 0.4) is 0 Å². The molecule has 0 fully saturated rings. The minimum absolute atomic E-state index is 0.0706. The number of nitriles is 1. The Morgan fingerprint density at radius 1 is 1.30 bits per heavy atom. The molecule has 0 aliphatic heterocycles. The number of hydrogen-bond acceptors (Lipinski definition) is 5.